The van der Waals surface area contributed by atoms with Crippen molar-refractivity contribution in [1.82, 2.24) is 0 Å². The van der Waals surface area contributed by atoms with E-state index in [9.17, 15) is 15.0 Å². The first kappa shape index (κ1) is 13.0. The lowest BCUT2D eigenvalue weighted by Gasteiger charge is -2.30. The maximum Gasteiger partial charge on any atom is 0.334 e. The molecule has 1 aliphatic rings. The van der Waals surface area contributed by atoms with Gasteiger partial charge in [0.2, 0.25) is 0 Å². The maximum atomic E-state index is 11.2. The number of cyclic esters (lactones) is 1. The molecule has 1 aliphatic heterocycles. The molecule has 92 valence electrons. The van der Waals surface area contributed by atoms with Gasteiger partial charge in [-0.15, -0.1) is 0 Å². The summed E-state index contributed by atoms with van der Waals surface area (Å²) in [7, 11) is 1.36. The molecule has 0 bridgehead atoms. The first-order valence-electron chi connectivity index (χ1n) is 5.42. The molecule has 16 heavy (non-hydrogen) atoms. The molecule has 0 fully saturated rings. The van der Waals surface area contributed by atoms with Gasteiger partial charge in [0.15, 0.2) is 12.2 Å². The zero-order valence-electron chi connectivity index (χ0n) is 9.55. The number of carbonyl (C=O) groups is 1. The third-order valence-corrected chi connectivity index (χ3v) is 2.58. The van der Waals surface area contributed by atoms with Gasteiger partial charge < -0.3 is 19.7 Å². The number of hydrogen-bond donors (Lipinski definition) is 2. The Morgan fingerprint density at radius 3 is 2.88 bits per heavy atom. The third kappa shape index (κ3) is 2.96. The van der Waals surface area contributed by atoms with Gasteiger partial charge in [-0.1, -0.05) is 19.8 Å². The van der Waals surface area contributed by atoms with Crippen LogP contribution < -0.4 is 0 Å². The molecule has 0 aliphatic carbocycles. The molecule has 1 heterocycles. The summed E-state index contributed by atoms with van der Waals surface area (Å²) >= 11 is 0. The minimum Gasteiger partial charge on any atom is -0.498 e. The molecule has 0 saturated heterocycles. The summed E-state index contributed by atoms with van der Waals surface area (Å²) in [4.78, 5) is 11.2. The van der Waals surface area contributed by atoms with Gasteiger partial charge >= 0.3 is 5.97 Å². The number of rotatable bonds is 5. The number of aliphatic hydroxyl groups excluding tert-OH is 2. The number of unbranched alkanes of at least 4 members (excludes halogenated alkanes) is 1. The smallest absolute Gasteiger partial charge is 0.334 e. The van der Waals surface area contributed by atoms with Crippen LogP contribution in [0.1, 0.15) is 26.2 Å². The van der Waals surface area contributed by atoms with E-state index in [1.807, 2.05) is 6.92 Å². The van der Waals surface area contributed by atoms with Crippen molar-refractivity contribution < 1.29 is 24.5 Å². The van der Waals surface area contributed by atoms with Crippen molar-refractivity contribution in [2.75, 3.05) is 7.11 Å². The molecule has 0 saturated carbocycles. The fraction of sp³-hybridized carbons (Fsp3) is 0.727. The molecule has 0 aromatic heterocycles. The SMILES string of the molecule is CCCCC(O)C1OC(=O)C=C(OC)C1O. The van der Waals surface area contributed by atoms with Crippen LogP contribution in [0.5, 0.6) is 0 Å². The standard InChI is InChI=1S/C11H18O5/c1-3-4-5-7(12)11-10(14)8(15-2)6-9(13)16-11/h6-7,10-12,14H,3-5H2,1-2H3. The van der Waals surface area contributed by atoms with Crippen molar-refractivity contribution >= 4 is 5.97 Å². The van der Waals surface area contributed by atoms with Gasteiger partial charge in [0.05, 0.1) is 19.3 Å². The fourth-order valence-corrected chi connectivity index (χ4v) is 1.64. The third-order valence-electron chi connectivity index (χ3n) is 2.58. The van der Waals surface area contributed by atoms with Crippen LogP contribution in [0, 0.1) is 0 Å². The fourth-order valence-electron chi connectivity index (χ4n) is 1.64. The van der Waals surface area contributed by atoms with Crippen LogP contribution in [0.3, 0.4) is 0 Å². The Morgan fingerprint density at radius 1 is 1.62 bits per heavy atom. The van der Waals surface area contributed by atoms with Gasteiger partial charge in [0.1, 0.15) is 5.76 Å². The number of carbonyl (C=O) groups excluding carboxylic acids is 1. The second-order valence-electron chi connectivity index (χ2n) is 3.81. The summed E-state index contributed by atoms with van der Waals surface area (Å²) in [6.45, 7) is 2.00. The Bertz CT molecular complexity index is 274. The quantitative estimate of drug-likeness (QED) is 0.667. The normalized spacial score (nSPS) is 27.0. The minimum atomic E-state index is -1.09. The number of aliphatic hydroxyl groups is 2. The predicted molar refractivity (Wildman–Crippen MR) is 56.5 cm³/mol. The van der Waals surface area contributed by atoms with Gasteiger partial charge in [0.25, 0.3) is 0 Å². The average Bonchev–Trinajstić information content (AvgIpc) is 2.28. The topological polar surface area (TPSA) is 76.0 Å². The van der Waals surface area contributed by atoms with Crippen molar-refractivity contribution in [3.63, 3.8) is 0 Å². The van der Waals surface area contributed by atoms with Gasteiger partial charge in [-0.25, -0.2) is 4.79 Å². The van der Waals surface area contributed by atoms with Crippen LogP contribution >= 0.6 is 0 Å². The number of methoxy groups -OCH3 is 1. The van der Waals surface area contributed by atoms with E-state index in [2.05, 4.69) is 0 Å². The van der Waals surface area contributed by atoms with Crippen molar-refractivity contribution in [1.29, 1.82) is 0 Å². The summed E-state index contributed by atoms with van der Waals surface area (Å²) < 4.78 is 9.75. The molecule has 2 N–H and O–H groups in total. The monoisotopic (exact) mass is 230 g/mol. The molecule has 0 aromatic rings. The Balaban J connectivity index is 2.67. The molecular formula is C11H18O5. The van der Waals surface area contributed by atoms with Crippen molar-refractivity contribution in [3.05, 3.63) is 11.8 Å². The van der Waals surface area contributed by atoms with Gasteiger partial charge in [-0.05, 0) is 6.42 Å². The molecular weight excluding hydrogens is 212 g/mol. The van der Waals surface area contributed by atoms with Gasteiger partial charge in [-0.2, -0.15) is 0 Å². The van der Waals surface area contributed by atoms with Crippen LogP contribution in [-0.2, 0) is 14.3 Å². The van der Waals surface area contributed by atoms with Crippen molar-refractivity contribution in [2.24, 2.45) is 0 Å². The van der Waals surface area contributed by atoms with E-state index >= 15 is 0 Å². The molecule has 3 unspecified atom stereocenters. The highest BCUT2D eigenvalue weighted by Crippen LogP contribution is 2.21. The summed E-state index contributed by atoms with van der Waals surface area (Å²) in [5.41, 5.74) is 0. The Labute approximate surface area is 94.7 Å². The van der Waals surface area contributed by atoms with Crippen molar-refractivity contribution in [3.8, 4) is 0 Å². The highest BCUT2D eigenvalue weighted by molar-refractivity contribution is 5.83. The minimum absolute atomic E-state index is 0.136. The Hall–Kier alpha value is -1.07. The summed E-state index contributed by atoms with van der Waals surface area (Å²) in [6.07, 6.45) is 0.441. The van der Waals surface area contributed by atoms with Crippen molar-refractivity contribution in [2.45, 2.75) is 44.5 Å². The second-order valence-corrected chi connectivity index (χ2v) is 3.81. The summed E-state index contributed by atoms with van der Waals surface area (Å²) in [5, 5.41) is 19.6. The number of esters is 1. The van der Waals surface area contributed by atoms with Crippen LogP contribution in [0.15, 0.2) is 11.8 Å². The lowest BCUT2D eigenvalue weighted by Crippen LogP contribution is -2.45. The molecule has 0 radical (unpaired) electrons. The summed E-state index contributed by atoms with van der Waals surface area (Å²) in [5.74, 6) is -0.459. The van der Waals surface area contributed by atoms with Crippen LogP contribution in [0.4, 0.5) is 0 Å². The van der Waals surface area contributed by atoms with E-state index in [4.69, 9.17) is 9.47 Å². The number of hydrogen-bond acceptors (Lipinski definition) is 5. The van der Waals surface area contributed by atoms with Crippen LogP contribution in [0.2, 0.25) is 0 Å². The van der Waals surface area contributed by atoms with E-state index in [-0.39, 0.29) is 5.76 Å². The predicted octanol–water partition coefficient (Wildman–Crippen LogP) is 0.354. The Morgan fingerprint density at radius 2 is 2.31 bits per heavy atom. The van der Waals surface area contributed by atoms with E-state index in [1.54, 1.807) is 0 Å². The van der Waals surface area contributed by atoms with Crippen LogP contribution in [-0.4, -0.2) is 41.6 Å². The molecule has 3 atom stereocenters. The maximum absolute atomic E-state index is 11.2. The average molecular weight is 230 g/mol. The molecule has 0 spiro atoms. The second kappa shape index (κ2) is 5.86. The zero-order chi connectivity index (χ0) is 12.1. The Kier molecular flexibility index (Phi) is 4.76. The highest BCUT2D eigenvalue weighted by atomic mass is 16.6. The lowest BCUT2D eigenvalue weighted by molar-refractivity contribution is -0.163. The highest BCUT2D eigenvalue weighted by Gasteiger charge is 2.36. The molecule has 0 aromatic carbocycles. The summed E-state index contributed by atoms with van der Waals surface area (Å²) in [6, 6.07) is 0. The van der Waals surface area contributed by atoms with Crippen LogP contribution in [0.25, 0.3) is 0 Å². The molecule has 0 amide bonds. The lowest BCUT2D eigenvalue weighted by atomic mass is 9.99. The van der Waals surface area contributed by atoms with E-state index in [1.165, 1.54) is 7.11 Å². The van der Waals surface area contributed by atoms with Gasteiger partial charge in [-0.3, -0.25) is 0 Å². The zero-order valence-corrected chi connectivity index (χ0v) is 9.55. The van der Waals surface area contributed by atoms with E-state index < -0.39 is 24.3 Å². The van der Waals surface area contributed by atoms with E-state index in [0.29, 0.717) is 6.42 Å². The van der Waals surface area contributed by atoms with Gasteiger partial charge in [0, 0.05) is 0 Å². The van der Waals surface area contributed by atoms with E-state index in [0.717, 1.165) is 18.9 Å². The largest absolute Gasteiger partial charge is 0.498 e. The molecule has 5 heteroatoms. The molecule has 5 nitrogen and oxygen atoms in total. The first-order valence-corrected chi connectivity index (χ1v) is 5.42. The first-order chi connectivity index (χ1) is 7.60. The molecule has 1 rings (SSSR count). The number of ether oxygens (including phenoxy) is 2.